The third-order valence-corrected chi connectivity index (χ3v) is 4.82. The molecule has 0 aliphatic heterocycles. The molecule has 1 heteroatoms. The Hall–Kier alpha value is -1.76. The van der Waals surface area contributed by atoms with Gasteiger partial charge in [-0.15, -0.1) is 0 Å². The van der Waals surface area contributed by atoms with E-state index in [1.807, 2.05) is 0 Å². The fourth-order valence-electron chi connectivity index (χ4n) is 3.72. The summed E-state index contributed by atoms with van der Waals surface area (Å²) in [6.45, 7) is 0. The maximum atomic E-state index is 3.75. The number of nitrogens with one attached hydrogen (secondary N) is 1. The van der Waals surface area contributed by atoms with Crippen molar-refractivity contribution < 1.29 is 0 Å². The van der Waals surface area contributed by atoms with E-state index in [0.717, 1.165) is 6.42 Å². The normalized spacial score (nSPS) is 20.3. The van der Waals surface area contributed by atoms with Crippen molar-refractivity contribution in [1.29, 1.82) is 0 Å². The van der Waals surface area contributed by atoms with Gasteiger partial charge in [0.25, 0.3) is 0 Å². The highest BCUT2D eigenvalue weighted by Crippen LogP contribution is 2.27. The zero-order chi connectivity index (χ0) is 13.4. The maximum Gasteiger partial charge on any atom is 0.0345 e. The van der Waals surface area contributed by atoms with Gasteiger partial charge in [-0.05, 0) is 72.9 Å². The first kappa shape index (κ1) is 12.0. The fourth-order valence-corrected chi connectivity index (χ4v) is 3.72. The second-order valence-corrected chi connectivity index (χ2v) is 6.19. The van der Waals surface area contributed by atoms with E-state index in [9.17, 15) is 0 Å². The maximum absolute atomic E-state index is 3.75. The standard InChI is InChI=1S/C19H21N/c1-2-5-16-12-18(10-8-14(16)4-1)20-19-11-9-15-6-3-7-17(15)13-19/h1-2,4-5,9,11,13,18,20H,3,6-8,10,12H2. The molecule has 102 valence electrons. The second-order valence-electron chi connectivity index (χ2n) is 6.19. The molecule has 2 aromatic rings. The molecule has 1 nitrogen and oxygen atoms in total. The van der Waals surface area contributed by atoms with Crippen LogP contribution in [0.4, 0.5) is 5.69 Å². The Morgan fingerprint density at radius 2 is 1.60 bits per heavy atom. The second kappa shape index (κ2) is 4.97. The van der Waals surface area contributed by atoms with Crippen molar-refractivity contribution in [3.63, 3.8) is 0 Å². The predicted molar refractivity (Wildman–Crippen MR) is 84.3 cm³/mol. The van der Waals surface area contributed by atoms with Crippen molar-refractivity contribution >= 4 is 5.69 Å². The number of fused-ring (bicyclic) bond motifs is 2. The summed E-state index contributed by atoms with van der Waals surface area (Å²) in [5, 5.41) is 3.75. The zero-order valence-electron chi connectivity index (χ0n) is 11.9. The van der Waals surface area contributed by atoms with Gasteiger partial charge in [-0.25, -0.2) is 0 Å². The number of aryl methyl sites for hydroxylation is 3. The lowest BCUT2D eigenvalue weighted by atomic mass is 9.88. The summed E-state index contributed by atoms with van der Waals surface area (Å²) in [5.74, 6) is 0. The van der Waals surface area contributed by atoms with Gasteiger partial charge in [0.1, 0.15) is 0 Å². The van der Waals surface area contributed by atoms with E-state index in [1.165, 1.54) is 43.4 Å². The van der Waals surface area contributed by atoms with Crippen LogP contribution in [0.5, 0.6) is 0 Å². The van der Waals surface area contributed by atoms with E-state index in [-0.39, 0.29) is 0 Å². The minimum absolute atomic E-state index is 0.587. The van der Waals surface area contributed by atoms with Crippen molar-refractivity contribution in [2.75, 3.05) is 5.32 Å². The van der Waals surface area contributed by atoms with Gasteiger partial charge in [-0.3, -0.25) is 0 Å². The molecule has 0 saturated heterocycles. The molecule has 2 aliphatic carbocycles. The van der Waals surface area contributed by atoms with E-state index in [1.54, 1.807) is 16.7 Å². The summed E-state index contributed by atoms with van der Waals surface area (Å²) < 4.78 is 0. The van der Waals surface area contributed by atoms with Crippen LogP contribution >= 0.6 is 0 Å². The summed E-state index contributed by atoms with van der Waals surface area (Å²) >= 11 is 0. The van der Waals surface area contributed by atoms with Crippen molar-refractivity contribution in [2.24, 2.45) is 0 Å². The zero-order valence-corrected chi connectivity index (χ0v) is 11.9. The molecule has 0 saturated carbocycles. The Kier molecular flexibility index (Phi) is 2.99. The van der Waals surface area contributed by atoms with Crippen molar-refractivity contribution in [2.45, 2.75) is 44.6 Å². The lowest BCUT2D eigenvalue weighted by molar-refractivity contribution is 0.611. The molecule has 0 heterocycles. The topological polar surface area (TPSA) is 12.0 Å². The lowest BCUT2D eigenvalue weighted by Gasteiger charge is -2.26. The average molecular weight is 263 g/mol. The van der Waals surface area contributed by atoms with E-state index in [4.69, 9.17) is 0 Å². The minimum atomic E-state index is 0.587. The number of benzene rings is 2. The fraction of sp³-hybridized carbons (Fsp3) is 0.368. The van der Waals surface area contributed by atoms with E-state index in [0.29, 0.717) is 6.04 Å². The molecule has 20 heavy (non-hydrogen) atoms. The SMILES string of the molecule is c1ccc2c(c1)CCC(Nc1ccc3c(c1)CCC3)C2. The van der Waals surface area contributed by atoms with Gasteiger partial charge in [0, 0.05) is 11.7 Å². The Morgan fingerprint density at radius 3 is 2.55 bits per heavy atom. The number of rotatable bonds is 2. The van der Waals surface area contributed by atoms with Crippen molar-refractivity contribution in [1.82, 2.24) is 0 Å². The van der Waals surface area contributed by atoms with Crippen molar-refractivity contribution in [3.8, 4) is 0 Å². The third kappa shape index (κ3) is 2.22. The number of anilines is 1. The molecule has 4 rings (SSSR count). The molecule has 0 radical (unpaired) electrons. The molecule has 0 spiro atoms. The first-order valence-corrected chi connectivity index (χ1v) is 7.83. The van der Waals surface area contributed by atoms with Gasteiger partial charge in [0.2, 0.25) is 0 Å². The first-order valence-electron chi connectivity index (χ1n) is 7.83. The largest absolute Gasteiger partial charge is 0.382 e. The summed E-state index contributed by atoms with van der Waals surface area (Å²) in [6.07, 6.45) is 7.47. The minimum Gasteiger partial charge on any atom is -0.382 e. The van der Waals surface area contributed by atoms with Crippen LogP contribution in [0.3, 0.4) is 0 Å². The van der Waals surface area contributed by atoms with Crippen LogP contribution in [0, 0.1) is 0 Å². The summed E-state index contributed by atoms with van der Waals surface area (Å²) in [7, 11) is 0. The third-order valence-electron chi connectivity index (χ3n) is 4.82. The van der Waals surface area contributed by atoms with Crippen LogP contribution < -0.4 is 5.32 Å². The molecule has 1 N–H and O–H groups in total. The van der Waals surface area contributed by atoms with E-state index >= 15 is 0 Å². The predicted octanol–water partition coefficient (Wildman–Crippen LogP) is 4.14. The molecule has 0 fully saturated rings. The summed E-state index contributed by atoms with van der Waals surface area (Å²) in [5.41, 5.74) is 7.50. The number of hydrogen-bond acceptors (Lipinski definition) is 1. The Bertz CT molecular complexity index is 629. The van der Waals surface area contributed by atoms with E-state index in [2.05, 4.69) is 47.8 Å². The molecule has 1 unspecified atom stereocenters. The molecule has 2 aliphatic rings. The lowest BCUT2D eigenvalue weighted by Crippen LogP contribution is -2.27. The molecular weight excluding hydrogens is 242 g/mol. The van der Waals surface area contributed by atoms with Gasteiger partial charge < -0.3 is 5.32 Å². The Balaban J connectivity index is 1.50. The van der Waals surface area contributed by atoms with Gasteiger partial charge >= 0.3 is 0 Å². The monoisotopic (exact) mass is 263 g/mol. The van der Waals surface area contributed by atoms with Gasteiger partial charge in [-0.1, -0.05) is 30.3 Å². The van der Waals surface area contributed by atoms with Gasteiger partial charge in [-0.2, -0.15) is 0 Å². The molecule has 0 amide bonds. The van der Waals surface area contributed by atoms with Gasteiger partial charge in [0.05, 0.1) is 0 Å². The van der Waals surface area contributed by atoms with Crippen LogP contribution in [-0.4, -0.2) is 6.04 Å². The smallest absolute Gasteiger partial charge is 0.0345 e. The van der Waals surface area contributed by atoms with Crippen LogP contribution in [0.2, 0.25) is 0 Å². The van der Waals surface area contributed by atoms with E-state index < -0.39 is 0 Å². The van der Waals surface area contributed by atoms with Crippen LogP contribution in [-0.2, 0) is 25.7 Å². The molecule has 2 aromatic carbocycles. The van der Waals surface area contributed by atoms with Crippen LogP contribution in [0.25, 0.3) is 0 Å². The molecule has 1 atom stereocenters. The Morgan fingerprint density at radius 1 is 0.800 bits per heavy atom. The molecule has 0 bridgehead atoms. The summed E-state index contributed by atoms with van der Waals surface area (Å²) in [6, 6.07) is 16.4. The Labute approximate surface area is 121 Å². The van der Waals surface area contributed by atoms with Crippen LogP contribution in [0.1, 0.15) is 35.1 Å². The average Bonchev–Trinajstić information content (AvgIpc) is 2.95. The number of hydrogen-bond donors (Lipinski definition) is 1. The first-order chi connectivity index (χ1) is 9.88. The van der Waals surface area contributed by atoms with Crippen LogP contribution in [0.15, 0.2) is 42.5 Å². The van der Waals surface area contributed by atoms with Gasteiger partial charge in [0.15, 0.2) is 0 Å². The highest BCUT2D eigenvalue weighted by atomic mass is 14.9. The molecule has 0 aromatic heterocycles. The highest BCUT2D eigenvalue weighted by Gasteiger charge is 2.18. The van der Waals surface area contributed by atoms with Crippen molar-refractivity contribution in [3.05, 3.63) is 64.7 Å². The highest BCUT2D eigenvalue weighted by molar-refractivity contribution is 5.51. The molecular formula is C19H21N. The summed E-state index contributed by atoms with van der Waals surface area (Å²) in [4.78, 5) is 0. The quantitative estimate of drug-likeness (QED) is 0.858.